The van der Waals surface area contributed by atoms with Crippen LogP contribution in [0.15, 0.2) is 4.99 Å². The lowest BCUT2D eigenvalue weighted by atomic mass is 9.75. The van der Waals surface area contributed by atoms with Crippen LogP contribution < -0.4 is 10.6 Å². The molecule has 1 heterocycles. The first kappa shape index (κ1) is 20.9. The summed E-state index contributed by atoms with van der Waals surface area (Å²) in [7, 11) is -2.82. The van der Waals surface area contributed by atoms with E-state index in [1.54, 1.807) is 0 Å². The Labute approximate surface area is 166 Å². The van der Waals surface area contributed by atoms with Crippen LogP contribution in [-0.2, 0) is 9.84 Å². The normalized spacial score (nSPS) is 29.6. The molecule has 0 aromatic heterocycles. The molecule has 1 atom stereocenters. The molecule has 27 heavy (non-hydrogen) atoms. The van der Waals surface area contributed by atoms with Gasteiger partial charge in [-0.1, -0.05) is 33.1 Å². The number of guanidine groups is 1. The Bertz CT molecular complexity index is 599. The van der Waals surface area contributed by atoms with Crippen molar-refractivity contribution in [2.24, 2.45) is 22.2 Å². The van der Waals surface area contributed by atoms with E-state index in [0.29, 0.717) is 29.5 Å². The lowest BCUT2D eigenvalue weighted by molar-refractivity contribution is 0.216. The summed E-state index contributed by atoms with van der Waals surface area (Å²) in [5.41, 5.74) is 0.462. The number of hydrogen-bond acceptors (Lipinski definition) is 3. The zero-order chi connectivity index (χ0) is 19.3. The fraction of sp³-hybridized carbons (Fsp3) is 0.952. The van der Waals surface area contributed by atoms with Gasteiger partial charge in [0.25, 0.3) is 0 Å². The van der Waals surface area contributed by atoms with E-state index in [2.05, 4.69) is 24.5 Å². The molecule has 2 N–H and O–H groups in total. The lowest BCUT2D eigenvalue weighted by Gasteiger charge is -2.35. The Morgan fingerprint density at radius 2 is 1.70 bits per heavy atom. The van der Waals surface area contributed by atoms with Crippen LogP contribution in [0.3, 0.4) is 0 Å². The summed E-state index contributed by atoms with van der Waals surface area (Å²) in [5.74, 6) is 2.50. The van der Waals surface area contributed by atoms with Gasteiger partial charge in [0.15, 0.2) is 15.8 Å². The van der Waals surface area contributed by atoms with Crippen molar-refractivity contribution >= 4 is 15.8 Å². The molecule has 3 rings (SSSR count). The van der Waals surface area contributed by atoms with Gasteiger partial charge in [0.1, 0.15) is 0 Å². The van der Waals surface area contributed by atoms with E-state index in [-0.39, 0.29) is 5.92 Å². The van der Waals surface area contributed by atoms with Crippen molar-refractivity contribution in [2.45, 2.75) is 84.1 Å². The van der Waals surface area contributed by atoms with Gasteiger partial charge in [-0.05, 0) is 62.2 Å². The molecule has 6 heteroatoms. The quantitative estimate of drug-likeness (QED) is 0.550. The summed E-state index contributed by atoms with van der Waals surface area (Å²) in [6.07, 6.45) is 12.4. The van der Waals surface area contributed by atoms with Crippen molar-refractivity contribution in [3.05, 3.63) is 0 Å². The maximum absolute atomic E-state index is 11.7. The Morgan fingerprint density at radius 1 is 1.00 bits per heavy atom. The van der Waals surface area contributed by atoms with E-state index < -0.39 is 9.84 Å². The van der Waals surface area contributed by atoms with Gasteiger partial charge >= 0.3 is 0 Å². The number of nitrogens with zero attached hydrogens (tertiary/aromatic N) is 1. The summed E-state index contributed by atoms with van der Waals surface area (Å²) in [6.45, 7) is 6.34. The molecule has 2 aliphatic carbocycles. The van der Waals surface area contributed by atoms with E-state index in [4.69, 9.17) is 4.99 Å². The second-order valence-corrected chi connectivity index (χ2v) is 12.2. The highest BCUT2D eigenvalue weighted by Crippen LogP contribution is 2.35. The van der Waals surface area contributed by atoms with Gasteiger partial charge < -0.3 is 10.6 Å². The zero-order valence-corrected chi connectivity index (χ0v) is 18.1. The molecule has 1 aliphatic heterocycles. The number of hydrogen-bond donors (Lipinski definition) is 2. The summed E-state index contributed by atoms with van der Waals surface area (Å²) < 4.78 is 23.4. The van der Waals surface area contributed by atoms with Crippen molar-refractivity contribution in [1.29, 1.82) is 0 Å². The molecule has 0 radical (unpaired) electrons. The summed E-state index contributed by atoms with van der Waals surface area (Å²) in [5, 5.41) is 7.26. The molecule has 0 spiro atoms. The smallest absolute Gasteiger partial charge is 0.191 e. The Hall–Kier alpha value is -0.780. The second-order valence-electron chi connectivity index (χ2n) is 9.93. The highest BCUT2D eigenvalue weighted by atomic mass is 32.2. The minimum Gasteiger partial charge on any atom is -0.356 e. The van der Waals surface area contributed by atoms with E-state index in [1.165, 1.54) is 57.8 Å². The molecule has 3 aliphatic rings. The van der Waals surface area contributed by atoms with Crippen LogP contribution in [0.5, 0.6) is 0 Å². The third-order valence-electron chi connectivity index (χ3n) is 6.80. The molecule has 0 amide bonds. The van der Waals surface area contributed by atoms with Crippen LogP contribution in [-0.4, -0.2) is 45.0 Å². The molecular weight excluding hydrogens is 358 g/mol. The highest BCUT2D eigenvalue weighted by Gasteiger charge is 2.29. The lowest BCUT2D eigenvalue weighted by Crippen LogP contribution is -2.47. The van der Waals surface area contributed by atoms with Gasteiger partial charge in [0.05, 0.1) is 11.5 Å². The Morgan fingerprint density at radius 3 is 2.33 bits per heavy atom. The monoisotopic (exact) mass is 397 g/mol. The van der Waals surface area contributed by atoms with E-state index in [9.17, 15) is 8.42 Å². The van der Waals surface area contributed by atoms with Crippen LogP contribution >= 0.6 is 0 Å². The predicted molar refractivity (Wildman–Crippen MR) is 113 cm³/mol. The van der Waals surface area contributed by atoms with Crippen LogP contribution in [0.4, 0.5) is 0 Å². The van der Waals surface area contributed by atoms with E-state index >= 15 is 0 Å². The highest BCUT2D eigenvalue weighted by molar-refractivity contribution is 7.91. The van der Waals surface area contributed by atoms with Gasteiger partial charge in [0, 0.05) is 19.1 Å². The third-order valence-corrected chi connectivity index (χ3v) is 8.63. The molecule has 2 saturated carbocycles. The maximum atomic E-state index is 11.7. The predicted octanol–water partition coefficient (Wildman–Crippen LogP) is 3.51. The first-order valence-corrected chi connectivity index (χ1v) is 12.9. The average molecular weight is 398 g/mol. The molecule has 156 valence electrons. The van der Waals surface area contributed by atoms with Gasteiger partial charge in [-0.25, -0.2) is 8.42 Å². The van der Waals surface area contributed by atoms with Crippen molar-refractivity contribution in [3.63, 3.8) is 0 Å². The SMILES string of the molecule is CC1(C)CCC(NC(=NCC2CCS(=O)(=O)C2)NCC2CCCCC2)CC1. The standard InChI is InChI=1S/C21H39N3O2S/c1-21(2)11-8-19(9-12-21)24-20(22-14-17-6-4-3-5-7-17)23-15-18-10-13-27(25,26)16-18/h17-19H,3-16H2,1-2H3,(H2,22,23,24). The third kappa shape index (κ3) is 6.95. The molecule has 0 bridgehead atoms. The van der Waals surface area contributed by atoms with Crippen molar-refractivity contribution < 1.29 is 8.42 Å². The van der Waals surface area contributed by atoms with E-state index in [1.807, 2.05) is 0 Å². The van der Waals surface area contributed by atoms with Crippen LogP contribution in [0.1, 0.15) is 78.1 Å². The van der Waals surface area contributed by atoms with Gasteiger partial charge in [0.2, 0.25) is 0 Å². The molecular formula is C21H39N3O2S. The van der Waals surface area contributed by atoms with Crippen molar-refractivity contribution in [2.75, 3.05) is 24.6 Å². The average Bonchev–Trinajstić information content (AvgIpc) is 2.99. The van der Waals surface area contributed by atoms with Crippen LogP contribution in [0.2, 0.25) is 0 Å². The van der Waals surface area contributed by atoms with Gasteiger partial charge in [-0.3, -0.25) is 4.99 Å². The summed E-state index contributed by atoms with van der Waals surface area (Å²) in [6, 6.07) is 0.489. The number of nitrogens with one attached hydrogen (secondary N) is 2. The van der Waals surface area contributed by atoms with Crippen LogP contribution in [0.25, 0.3) is 0 Å². The zero-order valence-electron chi connectivity index (χ0n) is 17.3. The fourth-order valence-electron chi connectivity index (χ4n) is 4.76. The number of aliphatic imine (C=N–C) groups is 1. The molecule has 1 unspecified atom stereocenters. The largest absolute Gasteiger partial charge is 0.356 e. The number of sulfone groups is 1. The van der Waals surface area contributed by atoms with Gasteiger partial charge in [-0.15, -0.1) is 0 Å². The summed E-state index contributed by atoms with van der Waals surface area (Å²) in [4.78, 5) is 4.82. The Balaban J connectivity index is 1.54. The minimum atomic E-state index is -2.82. The summed E-state index contributed by atoms with van der Waals surface area (Å²) >= 11 is 0. The molecule has 3 fully saturated rings. The van der Waals surface area contributed by atoms with Crippen molar-refractivity contribution in [1.82, 2.24) is 10.6 Å². The fourth-order valence-corrected chi connectivity index (χ4v) is 6.61. The van der Waals surface area contributed by atoms with Gasteiger partial charge in [-0.2, -0.15) is 0 Å². The topological polar surface area (TPSA) is 70.6 Å². The molecule has 0 aromatic rings. The Kier molecular flexibility index (Phi) is 7.09. The van der Waals surface area contributed by atoms with Crippen molar-refractivity contribution in [3.8, 4) is 0 Å². The minimum absolute atomic E-state index is 0.188. The number of rotatable bonds is 5. The molecule has 0 aromatic carbocycles. The maximum Gasteiger partial charge on any atom is 0.191 e. The van der Waals surface area contributed by atoms with Crippen LogP contribution in [0, 0.1) is 17.3 Å². The molecule has 1 saturated heterocycles. The van der Waals surface area contributed by atoms with E-state index in [0.717, 1.165) is 24.8 Å². The molecule has 5 nitrogen and oxygen atoms in total. The first-order chi connectivity index (χ1) is 12.8. The second kappa shape index (κ2) is 9.15. The first-order valence-electron chi connectivity index (χ1n) is 11.1.